The summed E-state index contributed by atoms with van der Waals surface area (Å²) in [5.41, 5.74) is 5.95. The molecule has 1 amide bonds. The highest BCUT2D eigenvalue weighted by molar-refractivity contribution is 5.94. The first-order valence-corrected chi connectivity index (χ1v) is 12.9. The van der Waals surface area contributed by atoms with Crippen molar-refractivity contribution in [3.63, 3.8) is 0 Å². The summed E-state index contributed by atoms with van der Waals surface area (Å²) in [6, 6.07) is 28.4. The van der Waals surface area contributed by atoms with Gasteiger partial charge in [-0.25, -0.2) is 0 Å². The van der Waals surface area contributed by atoms with Gasteiger partial charge in [-0.15, -0.1) is 0 Å². The predicted octanol–water partition coefficient (Wildman–Crippen LogP) is 2.42. The summed E-state index contributed by atoms with van der Waals surface area (Å²) in [6.45, 7) is 16.7. The molecule has 0 aromatic heterocycles. The van der Waals surface area contributed by atoms with Crippen LogP contribution in [0, 0.1) is 0 Å². The molecule has 1 aliphatic heterocycles. The van der Waals surface area contributed by atoms with Crippen LogP contribution in [-0.4, -0.2) is 37.0 Å². The number of nitrogens with zero attached hydrogens (tertiary/aromatic N) is 1. The number of nitrogens with one attached hydrogen (secondary N) is 1. The molecule has 4 heteroatoms. The van der Waals surface area contributed by atoms with E-state index < -0.39 is 0 Å². The van der Waals surface area contributed by atoms with Crippen molar-refractivity contribution in [3.05, 3.63) is 107 Å². The molecule has 0 unspecified atom stereocenters. The van der Waals surface area contributed by atoms with E-state index in [0.29, 0.717) is 0 Å². The summed E-state index contributed by atoms with van der Waals surface area (Å²) < 4.78 is 0. The monoisotopic (exact) mass is 504 g/mol. The van der Waals surface area contributed by atoms with Crippen LogP contribution in [0.25, 0.3) is 0 Å². The number of piperazine rings is 1. The second kappa shape index (κ2) is 11.2. The highest BCUT2D eigenvalue weighted by Crippen LogP contribution is 2.31. The van der Waals surface area contributed by atoms with Gasteiger partial charge in [-0.3, -0.25) is 4.79 Å². The Morgan fingerprint density at radius 2 is 1.14 bits per heavy atom. The number of rotatable bonds is 4. The van der Waals surface area contributed by atoms with Crippen molar-refractivity contribution in [3.8, 4) is 0 Å². The fourth-order valence-corrected chi connectivity index (χ4v) is 5.04. The smallest absolute Gasteiger partial charge is 0.254 e. The number of carbonyl (C=O) groups excluding carboxylic acids is 1. The van der Waals surface area contributed by atoms with Gasteiger partial charge < -0.3 is 22.2 Å². The molecule has 3 aromatic rings. The Labute approximate surface area is 223 Å². The van der Waals surface area contributed by atoms with Gasteiger partial charge in [0.05, 0.1) is 26.2 Å². The summed E-state index contributed by atoms with van der Waals surface area (Å²) in [4.78, 5) is 17.3. The van der Waals surface area contributed by atoms with E-state index >= 15 is 0 Å². The minimum absolute atomic E-state index is 0. The highest BCUT2D eigenvalue weighted by atomic mass is 35.5. The molecule has 0 saturated carbocycles. The third-order valence-corrected chi connectivity index (χ3v) is 7.28. The van der Waals surface area contributed by atoms with Crippen LogP contribution in [0.2, 0.25) is 0 Å². The molecule has 0 spiro atoms. The Morgan fingerprint density at radius 1 is 0.722 bits per heavy atom. The van der Waals surface area contributed by atoms with Crippen LogP contribution in [0.1, 0.15) is 80.2 Å². The molecule has 0 radical (unpaired) electrons. The molecule has 1 heterocycles. The Bertz CT molecular complexity index is 1070. The minimum atomic E-state index is -0.00226. The maximum atomic E-state index is 13.7. The van der Waals surface area contributed by atoms with Crippen LogP contribution in [0.5, 0.6) is 0 Å². The molecule has 0 atom stereocenters. The highest BCUT2D eigenvalue weighted by Gasteiger charge is 2.32. The molecule has 3 aromatic carbocycles. The van der Waals surface area contributed by atoms with Crippen molar-refractivity contribution in [2.24, 2.45) is 0 Å². The Morgan fingerprint density at radius 3 is 1.53 bits per heavy atom. The van der Waals surface area contributed by atoms with Gasteiger partial charge in [-0.1, -0.05) is 108 Å². The van der Waals surface area contributed by atoms with Gasteiger partial charge in [-0.05, 0) is 34.1 Å². The minimum Gasteiger partial charge on any atom is -1.00 e. The van der Waals surface area contributed by atoms with Gasteiger partial charge in [0.2, 0.25) is 0 Å². The predicted molar refractivity (Wildman–Crippen MR) is 145 cm³/mol. The number of halogens is 1. The summed E-state index contributed by atoms with van der Waals surface area (Å²) in [7, 11) is 0. The molecular weight excluding hydrogens is 464 g/mol. The van der Waals surface area contributed by atoms with E-state index in [9.17, 15) is 4.79 Å². The number of hydrogen-bond acceptors (Lipinski definition) is 1. The van der Waals surface area contributed by atoms with Crippen LogP contribution in [0.3, 0.4) is 0 Å². The van der Waals surface area contributed by atoms with Crippen LogP contribution in [0.4, 0.5) is 0 Å². The van der Waals surface area contributed by atoms with Crippen LogP contribution >= 0.6 is 0 Å². The first-order chi connectivity index (χ1) is 16.5. The SMILES string of the molecule is CC(C)(C)c1cc(C(=O)N2CC[NH+](C(c3ccccc3)c3ccccc3)CC2)cc(C(C)(C)C)c1.[Cl-]. The van der Waals surface area contributed by atoms with Crippen LogP contribution < -0.4 is 17.3 Å². The maximum Gasteiger partial charge on any atom is 0.254 e. The summed E-state index contributed by atoms with van der Waals surface area (Å²) in [6.07, 6.45) is 0. The second-order valence-electron chi connectivity index (χ2n) is 12.0. The normalized spacial score (nSPS) is 15.0. The Balaban J connectivity index is 0.00000361. The number of benzene rings is 3. The molecule has 1 saturated heterocycles. The Kier molecular flexibility index (Phi) is 8.69. The van der Waals surface area contributed by atoms with Crippen LogP contribution in [0.15, 0.2) is 78.9 Å². The van der Waals surface area contributed by atoms with Crippen molar-refractivity contribution in [1.29, 1.82) is 0 Å². The molecule has 36 heavy (non-hydrogen) atoms. The van der Waals surface area contributed by atoms with Crippen LogP contribution in [-0.2, 0) is 10.8 Å². The summed E-state index contributed by atoms with van der Waals surface area (Å²) in [5.74, 6) is 0.164. The first kappa shape index (κ1) is 28.0. The largest absolute Gasteiger partial charge is 1.00 e. The van der Waals surface area contributed by atoms with Crippen molar-refractivity contribution in [2.75, 3.05) is 26.2 Å². The topological polar surface area (TPSA) is 24.8 Å². The quantitative estimate of drug-likeness (QED) is 0.580. The van der Waals surface area contributed by atoms with E-state index in [0.717, 1.165) is 31.7 Å². The molecule has 3 nitrogen and oxygen atoms in total. The summed E-state index contributed by atoms with van der Waals surface area (Å²) in [5, 5.41) is 0. The number of carbonyl (C=O) groups is 1. The fourth-order valence-electron chi connectivity index (χ4n) is 5.04. The zero-order valence-corrected chi connectivity index (χ0v) is 23.4. The molecule has 0 bridgehead atoms. The lowest BCUT2D eigenvalue weighted by Crippen LogP contribution is -3.15. The molecule has 1 fully saturated rings. The van der Waals surface area contributed by atoms with E-state index in [2.05, 4.69) is 125 Å². The first-order valence-electron chi connectivity index (χ1n) is 12.9. The van der Waals surface area contributed by atoms with Gasteiger partial charge in [0.25, 0.3) is 5.91 Å². The van der Waals surface area contributed by atoms with E-state index in [1.807, 2.05) is 0 Å². The van der Waals surface area contributed by atoms with Crippen molar-refractivity contribution < 1.29 is 22.1 Å². The van der Waals surface area contributed by atoms with Crippen molar-refractivity contribution >= 4 is 5.91 Å². The molecule has 4 rings (SSSR count). The van der Waals surface area contributed by atoms with Gasteiger partial charge in [0, 0.05) is 16.7 Å². The van der Waals surface area contributed by atoms with Crippen molar-refractivity contribution in [2.45, 2.75) is 58.4 Å². The lowest BCUT2D eigenvalue weighted by atomic mass is 9.79. The lowest BCUT2D eigenvalue weighted by Gasteiger charge is -2.37. The van der Waals surface area contributed by atoms with E-state index in [-0.39, 0.29) is 35.2 Å². The van der Waals surface area contributed by atoms with E-state index in [4.69, 9.17) is 0 Å². The molecule has 1 N–H and O–H groups in total. The van der Waals surface area contributed by atoms with E-state index in [1.165, 1.54) is 27.2 Å². The van der Waals surface area contributed by atoms with Gasteiger partial charge in [-0.2, -0.15) is 0 Å². The van der Waals surface area contributed by atoms with Gasteiger partial charge in [0.1, 0.15) is 6.04 Å². The van der Waals surface area contributed by atoms with Gasteiger partial charge >= 0.3 is 0 Å². The standard InChI is InChI=1S/C32H40N2O.ClH/c1-31(2,3)27-21-26(22-28(23-27)32(4,5)6)30(35)34-19-17-33(18-20-34)29(24-13-9-7-10-14-24)25-15-11-8-12-16-25;/h7-16,21-23,29H,17-20H2,1-6H3;1H. The fraction of sp³-hybridized carbons (Fsp3) is 0.406. The second-order valence-corrected chi connectivity index (χ2v) is 12.0. The lowest BCUT2D eigenvalue weighted by molar-refractivity contribution is -0.929. The average Bonchev–Trinajstić information content (AvgIpc) is 2.84. The molecule has 0 aliphatic carbocycles. The van der Waals surface area contributed by atoms with Gasteiger partial charge in [0.15, 0.2) is 0 Å². The third-order valence-electron chi connectivity index (χ3n) is 7.28. The molecule has 1 aliphatic rings. The molecule has 192 valence electrons. The zero-order chi connectivity index (χ0) is 25.2. The number of hydrogen-bond donors (Lipinski definition) is 1. The Hall–Kier alpha value is -2.62. The summed E-state index contributed by atoms with van der Waals surface area (Å²) >= 11 is 0. The average molecular weight is 505 g/mol. The van der Waals surface area contributed by atoms with Crippen molar-refractivity contribution in [1.82, 2.24) is 4.90 Å². The number of amides is 1. The molecular formula is C32H41ClN2O. The third kappa shape index (κ3) is 6.38. The number of quaternary nitrogens is 1. The maximum absolute atomic E-state index is 13.7. The zero-order valence-electron chi connectivity index (χ0n) is 22.6. The van der Waals surface area contributed by atoms with E-state index in [1.54, 1.807) is 0 Å².